The molecular weight excluding hydrogens is 544 g/mol. The molecule has 1 fully saturated rings. The number of methoxy groups -OCH3 is 4. The van der Waals surface area contributed by atoms with E-state index in [1.807, 2.05) is 55.1 Å². The first kappa shape index (κ1) is 29.3. The molecule has 9 nitrogen and oxygen atoms in total. The fourth-order valence-electron chi connectivity index (χ4n) is 6.04. The van der Waals surface area contributed by atoms with E-state index in [0.717, 1.165) is 11.1 Å². The second kappa shape index (κ2) is 11.6. The number of hydrogen-bond acceptors (Lipinski definition) is 8. The van der Waals surface area contributed by atoms with Crippen molar-refractivity contribution in [2.24, 2.45) is 5.41 Å². The molecule has 2 aromatic carbocycles. The Hall–Kier alpha value is -4.15. The number of nitrogens with zero attached hydrogens (tertiary/aromatic N) is 5. The minimum atomic E-state index is -2.77. The molecule has 42 heavy (non-hydrogen) atoms. The first-order chi connectivity index (χ1) is 20.1. The van der Waals surface area contributed by atoms with E-state index < -0.39 is 17.3 Å². The molecule has 0 radical (unpaired) electrons. The van der Waals surface area contributed by atoms with E-state index in [-0.39, 0.29) is 12.8 Å². The zero-order valence-corrected chi connectivity index (χ0v) is 24.9. The van der Waals surface area contributed by atoms with Crippen molar-refractivity contribution in [3.05, 3.63) is 65.7 Å². The van der Waals surface area contributed by atoms with Gasteiger partial charge in [0.05, 0.1) is 28.4 Å². The van der Waals surface area contributed by atoms with Gasteiger partial charge in [-0.1, -0.05) is 13.8 Å². The van der Waals surface area contributed by atoms with Gasteiger partial charge in [0.15, 0.2) is 5.82 Å². The van der Waals surface area contributed by atoms with Gasteiger partial charge in [-0.2, -0.15) is 0 Å². The lowest BCUT2D eigenvalue weighted by Gasteiger charge is -2.39. The topological polar surface area (TPSA) is 83.2 Å². The Morgan fingerprint density at radius 3 is 1.98 bits per heavy atom. The van der Waals surface area contributed by atoms with E-state index in [1.54, 1.807) is 45.2 Å². The predicted octanol–water partition coefficient (Wildman–Crippen LogP) is 6.29. The van der Waals surface area contributed by atoms with Crippen molar-refractivity contribution in [2.75, 3.05) is 33.3 Å². The Labute approximate surface area is 244 Å². The molecule has 224 valence electrons. The highest BCUT2D eigenvalue weighted by molar-refractivity contribution is 5.65. The van der Waals surface area contributed by atoms with Crippen LogP contribution in [0.1, 0.15) is 56.0 Å². The lowest BCUT2D eigenvalue weighted by atomic mass is 9.70. The van der Waals surface area contributed by atoms with Crippen molar-refractivity contribution >= 4 is 11.5 Å². The van der Waals surface area contributed by atoms with Crippen molar-refractivity contribution in [1.29, 1.82) is 0 Å². The average Bonchev–Trinajstić information content (AvgIpc) is 3.40. The van der Waals surface area contributed by atoms with Crippen molar-refractivity contribution in [3.8, 4) is 23.0 Å². The third-order valence-electron chi connectivity index (χ3n) is 7.79. The summed E-state index contributed by atoms with van der Waals surface area (Å²) in [6, 6.07) is 11.3. The second-order valence-corrected chi connectivity index (χ2v) is 11.5. The van der Waals surface area contributed by atoms with E-state index in [1.165, 1.54) is 0 Å². The third-order valence-corrected chi connectivity index (χ3v) is 7.79. The Bertz CT molecular complexity index is 1480. The summed E-state index contributed by atoms with van der Waals surface area (Å²) in [5.41, 5.74) is 1.75. The molecule has 1 saturated carbocycles. The van der Waals surface area contributed by atoms with Crippen LogP contribution < -0.4 is 23.8 Å². The molecular formula is C31H37F2N5O4. The maximum atomic E-state index is 14.8. The summed E-state index contributed by atoms with van der Waals surface area (Å²) in [7, 11) is 6.43. The molecule has 1 aliphatic carbocycles. The van der Waals surface area contributed by atoms with E-state index in [9.17, 15) is 8.78 Å². The summed E-state index contributed by atoms with van der Waals surface area (Å²) in [6.45, 7) is 4.56. The SMILES string of the molecule is COc1ccc(CN(Cc2ccc(OC)cc2OC)c2nccn3c(C4CC(C)(C)CC(F)(F)C4)nnc23)c(OC)c1. The van der Waals surface area contributed by atoms with Crippen LogP contribution in [0.4, 0.5) is 14.6 Å². The number of hydrogen-bond donors (Lipinski definition) is 0. The molecule has 1 aliphatic rings. The normalized spacial score (nSPS) is 17.6. The highest BCUT2D eigenvalue weighted by Gasteiger charge is 2.46. The van der Waals surface area contributed by atoms with E-state index in [4.69, 9.17) is 23.9 Å². The maximum Gasteiger partial charge on any atom is 0.249 e. The molecule has 2 aromatic heterocycles. The predicted molar refractivity (Wildman–Crippen MR) is 155 cm³/mol. The van der Waals surface area contributed by atoms with Gasteiger partial charge in [-0.05, 0) is 36.1 Å². The smallest absolute Gasteiger partial charge is 0.249 e. The molecule has 1 atom stereocenters. The van der Waals surface area contributed by atoms with Gasteiger partial charge in [-0.25, -0.2) is 13.8 Å². The molecule has 0 amide bonds. The van der Waals surface area contributed by atoms with Crippen LogP contribution in [0.5, 0.6) is 23.0 Å². The van der Waals surface area contributed by atoms with Crippen molar-refractivity contribution < 1.29 is 27.7 Å². The van der Waals surface area contributed by atoms with Crippen LogP contribution >= 0.6 is 0 Å². The molecule has 0 saturated heterocycles. The summed E-state index contributed by atoms with van der Waals surface area (Å²) in [5.74, 6) is 0.520. The van der Waals surface area contributed by atoms with Crippen LogP contribution in [0.15, 0.2) is 48.8 Å². The van der Waals surface area contributed by atoms with Gasteiger partial charge in [0.1, 0.15) is 28.8 Å². The molecule has 1 unspecified atom stereocenters. The van der Waals surface area contributed by atoms with Gasteiger partial charge < -0.3 is 23.8 Å². The van der Waals surface area contributed by atoms with Crippen LogP contribution in [0, 0.1) is 5.41 Å². The molecule has 11 heteroatoms. The van der Waals surface area contributed by atoms with Gasteiger partial charge in [0, 0.05) is 67.5 Å². The molecule has 0 spiro atoms. The second-order valence-electron chi connectivity index (χ2n) is 11.5. The molecule has 0 bridgehead atoms. The first-order valence-electron chi connectivity index (χ1n) is 13.8. The monoisotopic (exact) mass is 581 g/mol. The Kier molecular flexibility index (Phi) is 8.12. The molecule has 0 N–H and O–H groups in total. The zero-order valence-electron chi connectivity index (χ0n) is 24.9. The van der Waals surface area contributed by atoms with Gasteiger partial charge in [-0.3, -0.25) is 4.40 Å². The van der Waals surface area contributed by atoms with Gasteiger partial charge in [0.25, 0.3) is 0 Å². The average molecular weight is 582 g/mol. The number of fused-ring (bicyclic) bond motifs is 1. The Morgan fingerprint density at radius 2 is 1.45 bits per heavy atom. The summed E-state index contributed by atoms with van der Waals surface area (Å²) in [6.07, 6.45) is 3.60. The van der Waals surface area contributed by atoms with Crippen LogP contribution in [0.2, 0.25) is 0 Å². The minimum absolute atomic E-state index is 0.138. The number of benzene rings is 2. The first-order valence-corrected chi connectivity index (χ1v) is 13.8. The number of rotatable bonds is 10. The van der Waals surface area contributed by atoms with Crippen LogP contribution in [-0.4, -0.2) is 53.9 Å². The number of halogens is 2. The van der Waals surface area contributed by atoms with Gasteiger partial charge in [0.2, 0.25) is 11.6 Å². The minimum Gasteiger partial charge on any atom is -0.497 e. The maximum absolute atomic E-state index is 14.8. The fourth-order valence-corrected chi connectivity index (χ4v) is 6.04. The lowest BCUT2D eigenvalue weighted by Crippen LogP contribution is -2.36. The van der Waals surface area contributed by atoms with Crippen molar-refractivity contribution in [1.82, 2.24) is 19.6 Å². The summed E-state index contributed by atoms with van der Waals surface area (Å²) >= 11 is 0. The van der Waals surface area contributed by atoms with Crippen molar-refractivity contribution in [3.63, 3.8) is 0 Å². The lowest BCUT2D eigenvalue weighted by molar-refractivity contribution is -0.0818. The third kappa shape index (κ3) is 6.05. The summed E-state index contributed by atoms with van der Waals surface area (Å²) in [4.78, 5) is 6.76. The summed E-state index contributed by atoms with van der Waals surface area (Å²) in [5, 5.41) is 8.95. The van der Waals surface area contributed by atoms with E-state index in [0.29, 0.717) is 59.8 Å². The van der Waals surface area contributed by atoms with Gasteiger partial charge >= 0.3 is 0 Å². The highest BCUT2D eigenvalue weighted by atomic mass is 19.3. The van der Waals surface area contributed by atoms with Crippen LogP contribution in [-0.2, 0) is 13.1 Å². The van der Waals surface area contributed by atoms with Gasteiger partial charge in [-0.15, -0.1) is 10.2 Å². The zero-order chi connectivity index (χ0) is 30.1. The molecule has 2 heterocycles. The number of alkyl halides is 2. The van der Waals surface area contributed by atoms with Crippen LogP contribution in [0.3, 0.4) is 0 Å². The number of aromatic nitrogens is 4. The summed E-state index contributed by atoms with van der Waals surface area (Å²) < 4.78 is 53.5. The van der Waals surface area contributed by atoms with E-state index >= 15 is 0 Å². The Morgan fingerprint density at radius 1 is 0.857 bits per heavy atom. The Balaban J connectivity index is 1.59. The molecule has 5 rings (SSSR count). The number of ether oxygens (including phenoxy) is 4. The fraction of sp³-hybridized carbons (Fsp3) is 0.452. The highest BCUT2D eigenvalue weighted by Crippen LogP contribution is 2.50. The molecule has 0 aliphatic heterocycles. The standard InChI is InChI=1S/C31H37F2N5O4/c1-30(2)15-22(16-31(32,33)19-30)27-35-36-29-28(34-11-12-38(27)29)37(17-20-7-9-23(39-3)13-25(20)41-5)18-21-8-10-24(40-4)14-26(21)42-6/h7-14,22H,15-19H2,1-6H3. The van der Waals surface area contributed by atoms with Crippen LogP contribution in [0.25, 0.3) is 5.65 Å². The van der Waals surface area contributed by atoms with Crippen molar-refractivity contribution in [2.45, 2.75) is 58.0 Å². The van der Waals surface area contributed by atoms with E-state index in [2.05, 4.69) is 10.2 Å². The number of anilines is 1. The largest absolute Gasteiger partial charge is 0.497 e. The molecule has 4 aromatic rings. The quantitative estimate of drug-likeness (QED) is 0.216.